The Bertz CT molecular complexity index is 316. The van der Waals surface area contributed by atoms with E-state index in [2.05, 4.69) is 22.4 Å². The fourth-order valence-corrected chi connectivity index (χ4v) is 1.94. The molecule has 0 aromatic carbocycles. The summed E-state index contributed by atoms with van der Waals surface area (Å²) in [5, 5.41) is 11.1. The van der Waals surface area contributed by atoms with Crippen LogP contribution in [0.5, 0.6) is 0 Å². The molecule has 0 bridgehead atoms. The molecule has 1 aromatic heterocycles. The van der Waals surface area contributed by atoms with Crippen molar-refractivity contribution >= 4 is 11.6 Å². The van der Waals surface area contributed by atoms with E-state index < -0.39 is 0 Å². The number of nitrogens with one attached hydrogen (secondary N) is 1. The van der Waals surface area contributed by atoms with Crippen molar-refractivity contribution in [3.8, 4) is 0 Å². The molecular formula is C11H18N4. The van der Waals surface area contributed by atoms with Gasteiger partial charge in [0.25, 0.3) is 0 Å². The van der Waals surface area contributed by atoms with Gasteiger partial charge in [0, 0.05) is 6.54 Å². The zero-order chi connectivity index (χ0) is 10.7. The van der Waals surface area contributed by atoms with Crippen LogP contribution in [0.25, 0.3) is 0 Å². The summed E-state index contributed by atoms with van der Waals surface area (Å²) < 4.78 is 0. The normalized spacial score (nSPS) is 17.4. The molecule has 1 aliphatic carbocycles. The lowest BCUT2D eigenvalue weighted by molar-refractivity contribution is 0.485. The third-order valence-electron chi connectivity index (χ3n) is 3.07. The van der Waals surface area contributed by atoms with Gasteiger partial charge >= 0.3 is 0 Å². The number of aromatic nitrogens is 2. The zero-order valence-corrected chi connectivity index (χ0v) is 9.16. The predicted octanol–water partition coefficient (Wildman–Crippen LogP) is 2.05. The van der Waals surface area contributed by atoms with E-state index in [0.29, 0.717) is 11.2 Å². The second kappa shape index (κ2) is 4.04. The van der Waals surface area contributed by atoms with Crippen LogP contribution < -0.4 is 11.1 Å². The fourth-order valence-electron chi connectivity index (χ4n) is 1.94. The maximum Gasteiger partial charge on any atom is 0.148 e. The number of hydrogen-bond donors (Lipinski definition) is 2. The molecule has 4 nitrogen and oxygen atoms in total. The van der Waals surface area contributed by atoms with Gasteiger partial charge in [0.2, 0.25) is 0 Å². The first-order valence-corrected chi connectivity index (χ1v) is 5.57. The van der Waals surface area contributed by atoms with Crippen LogP contribution in [0.2, 0.25) is 0 Å². The molecule has 1 heterocycles. The minimum atomic E-state index is 0.468. The Kier molecular flexibility index (Phi) is 2.75. The smallest absolute Gasteiger partial charge is 0.148 e. The standard InChI is InChI=1S/C11H18N4/c1-2-5-11(6-7-11)8-13-10-4-3-9(12)14-15-10/h3-4H,2,5-8H2,1H3,(H2,12,14)(H,13,15). The molecule has 82 valence electrons. The highest BCUT2D eigenvalue weighted by Crippen LogP contribution is 2.49. The van der Waals surface area contributed by atoms with E-state index in [-0.39, 0.29) is 0 Å². The lowest BCUT2D eigenvalue weighted by Gasteiger charge is -2.14. The molecular weight excluding hydrogens is 188 g/mol. The van der Waals surface area contributed by atoms with Crippen molar-refractivity contribution in [2.75, 3.05) is 17.6 Å². The van der Waals surface area contributed by atoms with Crippen molar-refractivity contribution < 1.29 is 0 Å². The summed E-state index contributed by atoms with van der Waals surface area (Å²) >= 11 is 0. The lowest BCUT2D eigenvalue weighted by atomic mass is 10.0. The third kappa shape index (κ3) is 2.58. The van der Waals surface area contributed by atoms with Gasteiger partial charge in [-0.05, 0) is 36.8 Å². The van der Waals surface area contributed by atoms with Gasteiger partial charge in [-0.25, -0.2) is 0 Å². The Morgan fingerprint density at radius 1 is 1.40 bits per heavy atom. The van der Waals surface area contributed by atoms with Gasteiger partial charge in [-0.2, -0.15) is 0 Å². The Morgan fingerprint density at radius 2 is 2.20 bits per heavy atom. The molecule has 0 unspecified atom stereocenters. The molecule has 1 aromatic rings. The molecule has 0 saturated heterocycles. The first kappa shape index (κ1) is 10.2. The summed E-state index contributed by atoms with van der Waals surface area (Å²) in [6, 6.07) is 3.65. The summed E-state index contributed by atoms with van der Waals surface area (Å²) in [6.07, 6.45) is 5.25. The minimum absolute atomic E-state index is 0.468. The Morgan fingerprint density at radius 3 is 2.73 bits per heavy atom. The average molecular weight is 206 g/mol. The summed E-state index contributed by atoms with van der Waals surface area (Å²) in [7, 11) is 0. The van der Waals surface area contributed by atoms with E-state index in [1.807, 2.05) is 6.07 Å². The number of rotatable bonds is 5. The quantitative estimate of drug-likeness (QED) is 0.774. The highest BCUT2D eigenvalue weighted by Gasteiger charge is 2.41. The van der Waals surface area contributed by atoms with Gasteiger partial charge in [-0.1, -0.05) is 13.3 Å². The summed E-state index contributed by atoms with van der Waals surface area (Å²) in [4.78, 5) is 0. The van der Waals surface area contributed by atoms with E-state index in [1.165, 1.54) is 25.7 Å². The highest BCUT2D eigenvalue weighted by atomic mass is 15.2. The second-order valence-corrected chi connectivity index (χ2v) is 4.45. The molecule has 0 radical (unpaired) electrons. The Hall–Kier alpha value is -1.32. The van der Waals surface area contributed by atoms with Crippen molar-refractivity contribution in [1.29, 1.82) is 0 Å². The number of nitrogens with zero attached hydrogens (tertiary/aromatic N) is 2. The number of nitrogens with two attached hydrogens (primary N) is 1. The van der Waals surface area contributed by atoms with Crippen molar-refractivity contribution in [2.24, 2.45) is 5.41 Å². The van der Waals surface area contributed by atoms with Crippen LogP contribution in [0.4, 0.5) is 11.6 Å². The maximum atomic E-state index is 5.47. The summed E-state index contributed by atoms with van der Waals surface area (Å²) in [5.74, 6) is 1.29. The topological polar surface area (TPSA) is 63.8 Å². The van der Waals surface area contributed by atoms with E-state index in [1.54, 1.807) is 6.07 Å². The molecule has 0 amide bonds. The van der Waals surface area contributed by atoms with E-state index >= 15 is 0 Å². The van der Waals surface area contributed by atoms with Gasteiger partial charge < -0.3 is 11.1 Å². The van der Waals surface area contributed by atoms with Crippen LogP contribution in [-0.4, -0.2) is 16.7 Å². The maximum absolute atomic E-state index is 5.47. The highest BCUT2D eigenvalue weighted by molar-refractivity contribution is 5.38. The van der Waals surface area contributed by atoms with E-state index in [9.17, 15) is 0 Å². The summed E-state index contributed by atoms with van der Waals surface area (Å²) in [6.45, 7) is 3.25. The Balaban J connectivity index is 1.85. The van der Waals surface area contributed by atoms with Crippen LogP contribution in [-0.2, 0) is 0 Å². The molecule has 0 spiro atoms. The average Bonchev–Trinajstić information content (AvgIpc) is 2.99. The van der Waals surface area contributed by atoms with Crippen molar-refractivity contribution in [3.63, 3.8) is 0 Å². The molecule has 1 aliphatic rings. The van der Waals surface area contributed by atoms with Crippen LogP contribution in [0.3, 0.4) is 0 Å². The second-order valence-electron chi connectivity index (χ2n) is 4.45. The number of anilines is 2. The molecule has 15 heavy (non-hydrogen) atoms. The molecule has 1 fully saturated rings. The molecule has 4 heteroatoms. The molecule has 0 aliphatic heterocycles. The lowest BCUT2D eigenvalue weighted by Crippen LogP contribution is -2.16. The number of hydrogen-bond acceptors (Lipinski definition) is 4. The molecule has 3 N–H and O–H groups in total. The molecule has 0 atom stereocenters. The minimum Gasteiger partial charge on any atom is -0.382 e. The van der Waals surface area contributed by atoms with Gasteiger partial charge in [0.05, 0.1) is 0 Å². The van der Waals surface area contributed by atoms with Gasteiger partial charge in [-0.3, -0.25) is 0 Å². The predicted molar refractivity (Wildman–Crippen MR) is 61.5 cm³/mol. The van der Waals surface area contributed by atoms with Crippen LogP contribution in [0.15, 0.2) is 12.1 Å². The van der Waals surface area contributed by atoms with Crippen LogP contribution in [0.1, 0.15) is 32.6 Å². The van der Waals surface area contributed by atoms with Crippen molar-refractivity contribution in [1.82, 2.24) is 10.2 Å². The van der Waals surface area contributed by atoms with Crippen molar-refractivity contribution in [2.45, 2.75) is 32.6 Å². The fraction of sp³-hybridized carbons (Fsp3) is 0.636. The monoisotopic (exact) mass is 206 g/mol. The van der Waals surface area contributed by atoms with E-state index in [0.717, 1.165) is 12.4 Å². The Labute approximate surface area is 90.3 Å². The zero-order valence-electron chi connectivity index (χ0n) is 9.16. The largest absolute Gasteiger partial charge is 0.382 e. The summed E-state index contributed by atoms with van der Waals surface area (Å²) in [5.41, 5.74) is 6.01. The third-order valence-corrected chi connectivity index (χ3v) is 3.07. The van der Waals surface area contributed by atoms with E-state index in [4.69, 9.17) is 5.73 Å². The first-order valence-electron chi connectivity index (χ1n) is 5.57. The van der Waals surface area contributed by atoms with Crippen LogP contribution in [0, 0.1) is 5.41 Å². The van der Waals surface area contributed by atoms with Gasteiger partial charge in [0.1, 0.15) is 11.6 Å². The SMILES string of the molecule is CCCC1(CNc2ccc(N)nn2)CC1. The molecule has 2 rings (SSSR count). The van der Waals surface area contributed by atoms with Gasteiger partial charge in [0.15, 0.2) is 0 Å². The van der Waals surface area contributed by atoms with Crippen molar-refractivity contribution in [3.05, 3.63) is 12.1 Å². The first-order chi connectivity index (χ1) is 7.24. The van der Waals surface area contributed by atoms with Crippen LogP contribution >= 0.6 is 0 Å². The van der Waals surface area contributed by atoms with Gasteiger partial charge in [-0.15, -0.1) is 10.2 Å². The molecule has 1 saturated carbocycles. The number of nitrogen functional groups attached to an aromatic ring is 1.